The van der Waals surface area contributed by atoms with Crippen molar-refractivity contribution >= 4 is 11.9 Å². The maximum atomic E-state index is 12.9. The molecular formula is C23H26N4O5. The summed E-state index contributed by atoms with van der Waals surface area (Å²) in [6, 6.07) is 8.76. The Morgan fingerprint density at radius 2 is 1.91 bits per heavy atom. The molecule has 3 aromatic rings. The minimum Gasteiger partial charge on any atom is -0.493 e. The molecular weight excluding hydrogens is 412 g/mol. The first-order chi connectivity index (χ1) is 15.5. The Balaban J connectivity index is 1.77. The van der Waals surface area contributed by atoms with Crippen molar-refractivity contribution in [3.05, 3.63) is 53.6 Å². The van der Waals surface area contributed by atoms with Gasteiger partial charge in [0, 0.05) is 24.2 Å². The number of rotatable bonds is 9. The molecule has 0 aliphatic rings. The summed E-state index contributed by atoms with van der Waals surface area (Å²) >= 11 is 0. The number of esters is 1. The number of nitrogens with one attached hydrogen (secondary N) is 1. The predicted molar refractivity (Wildman–Crippen MR) is 116 cm³/mol. The van der Waals surface area contributed by atoms with Crippen LogP contribution in [0, 0.1) is 0 Å². The van der Waals surface area contributed by atoms with Gasteiger partial charge < -0.3 is 19.3 Å². The van der Waals surface area contributed by atoms with Gasteiger partial charge in [0.1, 0.15) is 0 Å². The second-order valence-electron chi connectivity index (χ2n) is 7.12. The van der Waals surface area contributed by atoms with Gasteiger partial charge in [0.25, 0.3) is 11.8 Å². The monoisotopic (exact) mass is 438 g/mol. The van der Waals surface area contributed by atoms with Gasteiger partial charge in [0.2, 0.25) is 5.75 Å². The second kappa shape index (κ2) is 10.5. The van der Waals surface area contributed by atoms with Crippen molar-refractivity contribution in [2.24, 2.45) is 0 Å². The van der Waals surface area contributed by atoms with Crippen molar-refractivity contribution in [3.8, 4) is 23.0 Å². The lowest BCUT2D eigenvalue weighted by Gasteiger charge is -2.14. The van der Waals surface area contributed by atoms with Crippen LogP contribution in [0.25, 0.3) is 11.5 Å². The minimum absolute atomic E-state index is 0.0250. The van der Waals surface area contributed by atoms with E-state index >= 15 is 0 Å². The van der Waals surface area contributed by atoms with E-state index in [1.165, 1.54) is 24.9 Å². The van der Waals surface area contributed by atoms with E-state index in [2.05, 4.69) is 27.4 Å². The lowest BCUT2D eigenvalue weighted by atomic mass is 10.1. The molecule has 1 amide bonds. The molecule has 0 bridgehead atoms. The van der Waals surface area contributed by atoms with E-state index in [0.717, 1.165) is 12.0 Å². The van der Waals surface area contributed by atoms with Gasteiger partial charge in [-0.2, -0.15) is 4.98 Å². The van der Waals surface area contributed by atoms with E-state index in [1.54, 1.807) is 6.92 Å². The third-order valence-electron chi connectivity index (χ3n) is 4.76. The first-order valence-corrected chi connectivity index (χ1v) is 10.4. The molecule has 1 atom stereocenters. The molecule has 0 saturated carbocycles. The summed E-state index contributed by atoms with van der Waals surface area (Å²) < 4.78 is 16.0. The normalized spacial score (nSPS) is 11.6. The van der Waals surface area contributed by atoms with E-state index in [-0.39, 0.29) is 23.6 Å². The molecule has 1 N–H and O–H groups in total. The Bertz CT molecular complexity index is 1080. The molecule has 2 heterocycles. The number of pyridine rings is 1. The maximum absolute atomic E-state index is 12.9. The average Bonchev–Trinajstić information content (AvgIpc) is 3.30. The number of amides is 1. The van der Waals surface area contributed by atoms with Crippen LogP contribution in [0.2, 0.25) is 0 Å². The maximum Gasteiger partial charge on any atom is 0.311 e. The van der Waals surface area contributed by atoms with Crippen molar-refractivity contribution in [2.45, 2.75) is 46.1 Å². The quantitative estimate of drug-likeness (QED) is 0.500. The first-order valence-electron chi connectivity index (χ1n) is 10.4. The average molecular weight is 438 g/mol. The molecule has 2 aromatic heterocycles. The number of aryl methyl sites for hydroxylation is 1. The molecule has 0 unspecified atom stereocenters. The summed E-state index contributed by atoms with van der Waals surface area (Å²) in [4.78, 5) is 33.4. The van der Waals surface area contributed by atoms with Crippen LogP contribution in [0.1, 0.15) is 61.5 Å². The molecule has 0 aliphatic heterocycles. The summed E-state index contributed by atoms with van der Waals surface area (Å²) in [5.41, 5.74) is 1.92. The Morgan fingerprint density at radius 3 is 2.56 bits per heavy atom. The van der Waals surface area contributed by atoms with Gasteiger partial charge in [-0.1, -0.05) is 31.1 Å². The van der Waals surface area contributed by atoms with Crippen molar-refractivity contribution in [2.75, 3.05) is 7.11 Å². The van der Waals surface area contributed by atoms with Gasteiger partial charge in [-0.05, 0) is 37.5 Å². The molecule has 1 aromatic carbocycles. The van der Waals surface area contributed by atoms with Crippen molar-refractivity contribution in [1.82, 2.24) is 20.4 Å². The van der Waals surface area contributed by atoms with Crippen LogP contribution in [0.15, 0.2) is 41.1 Å². The number of nitrogens with zero attached hydrogens (tertiary/aromatic N) is 3. The van der Waals surface area contributed by atoms with Crippen LogP contribution in [-0.2, 0) is 11.2 Å². The Kier molecular flexibility index (Phi) is 7.54. The van der Waals surface area contributed by atoms with E-state index < -0.39 is 17.9 Å². The number of aromatic nitrogens is 3. The highest BCUT2D eigenvalue weighted by atomic mass is 16.6. The molecule has 3 rings (SSSR count). The predicted octanol–water partition coefficient (Wildman–Crippen LogP) is 3.90. The number of carbonyl (C=O) groups is 2. The highest BCUT2D eigenvalue weighted by molar-refractivity contribution is 5.96. The van der Waals surface area contributed by atoms with E-state index in [4.69, 9.17) is 14.0 Å². The molecule has 9 heteroatoms. The van der Waals surface area contributed by atoms with Gasteiger partial charge in [-0.15, -0.1) is 0 Å². The lowest BCUT2D eigenvalue weighted by Crippen LogP contribution is -2.29. The summed E-state index contributed by atoms with van der Waals surface area (Å²) in [5.74, 6) is -0.160. The van der Waals surface area contributed by atoms with E-state index in [1.807, 2.05) is 31.2 Å². The third kappa shape index (κ3) is 5.29. The molecule has 0 spiro atoms. The highest BCUT2D eigenvalue weighted by Crippen LogP contribution is 2.30. The van der Waals surface area contributed by atoms with E-state index in [9.17, 15) is 9.59 Å². The van der Waals surface area contributed by atoms with Crippen LogP contribution >= 0.6 is 0 Å². The zero-order chi connectivity index (χ0) is 23.1. The van der Waals surface area contributed by atoms with Crippen molar-refractivity contribution in [3.63, 3.8) is 0 Å². The number of carbonyl (C=O) groups excluding carboxylic acids is 2. The zero-order valence-corrected chi connectivity index (χ0v) is 18.5. The summed E-state index contributed by atoms with van der Waals surface area (Å²) in [6.07, 6.45) is 3.16. The van der Waals surface area contributed by atoms with E-state index in [0.29, 0.717) is 18.1 Å². The van der Waals surface area contributed by atoms with Gasteiger partial charge in [0.05, 0.1) is 13.2 Å². The van der Waals surface area contributed by atoms with Gasteiger partial charge in [-0.3, -0.25) is 9.59 Å². The molecule has 168 valence electrons. The first kappa shape index (κ1) is 22.9. The van der Waals surface area contributed by atoms with Gasteiger partial charge in [-0.25, -0.2) is 4.98 Å². The summed E-state index contributed by atoms with van der Waals surface area (Å²) in [6.45, 7) is 5.65. The second-order valence-corrected chi connectivity index (χ2v) is 7.12. The van der Waals surface area contributed by atoms with Crippen LogP contribution < -0.4 is 14.8 Å². The Morgan fingerprint density at radius 1 is 1.16 bits per heavy atom. The molecule has 32 heavy (non-hydrogen) atoms. The number of benzene rings is 1. The van der Waals surface area contributed by atoms with Crippen molar-refractivity contribution < 1.29 is 23.6 Å². The molecule has 0 saturated heterocycles. The van der Waals surface area contributed by atoms with Gasteiger partial charge >= 0.3 is 5.97 Å². The smallest absolute Gasteiger partial charge is 0.311 e. The Labute approximate surface area is 186 Å². The largest absolute Gasteiger partial charge is 0.493 e. The number of methoxy groups -OCH3 is 1. The molecule has 0 radical (unpaired) electrons. The van der Waals surface area contributed by atoms with Crippen LogP contribution in [0.5, 0.6) is 11.5 Å². The van der Waals surface area contributed by atoms with Crippen LogP contribution in [0.4, 0.5) is 0 Å². The standard InChI is InChI=1S/C23H26N4O5/c1-5-7-18(28)31-20-17(30-4)12-13-24-19(20)22(29)25-14(3)21-26-23(32-27-21)16-10-8-15(6-2)9-11-16/h8-14H,5-7H2,1-4H3,(H,25,29)/t14-/m0/s1. The number of ether oxygens (including phenoxy) is 2. The fraction of sp³-hybridized carbons (Fsp3) is 0.348. The minimum atomic E-state index is -0.581. The zero-order valence-electron chi connectivity index (χ0n) is 18.5. The summed E-state index contributed by atoms with van der Waals surface area (Å²) in [7, 11) is 1.42. The molecule has 0 fully saturated rings. The molecule has 0 aliphatic carbocycles. The Hall–Kier alpha value is -3.75. The van der Waals surface area contributed by atoms with Crippen LogP contribution in [0.3, 0.4) is 0 Å². The third-order valence-corrected chi connectivity index (χ3v) is 4.76. The fourth-order valence-corrected chi connectivity index (χ4v) is 2.96. The number of hydrogen-bond donors (Lipinski definition) is 1. The summed E-state index contributed by atoms with van der Waals surface area (Å²) in [5, 5.41) is 6.74. The topological polar surface area (TPSA) is 116 Å². The highest BCUT2D eigenvalue weighted by Gasteiger charge is 2.24. The van der Waals surface area contributed by atoms with Crippen LogP contribution in [-0.4, -0.2) is 34.1 Å². The van der Waals surface area contributed by atoms with Gasteiger partial charge in [0.15, 0.2) is 17.3 Å². The fourth-order valence-electron chi connectivity index (χ4n) is 2.96. The number of hydrogen-bond acceptors (Lipinski definition) is 8. The lowest BCUT2D eigenvalue weighted by molar-refractivity contribution is -0.134. The SMILES string of the molecule is CCCC(=O)Oc1c(OC)ccnc1C(=O)N[C@@H](C)c1noc(-c2ccc(CC)cc2)n1. The molecule has 9 nitrogen and oxygen atoms in total. The van der Waals surface area contributed by atoms with Crippen molar-refractivity contribution in [1.29, 1.82) is 0 Å².